The Morgan fingerprint density at radius 2 is 2.12 bits per heavy atom. The molecule has 2 rings (SSSR count). The maximum absolute atomic E-state index is 14.0. The lowest BCUT2D eigenvalue weighted by molar-refractivity contribution is 0.387. The molecule has 1 aromatic carbocycles. The summed E-state index contributed by atoms with van der Waals surface area (Å²) >= 11 is 0. The number of hydrogen-bond donors (Lipinski definition) is 0. The molecule has 0 aliphatic heterocycles. The van der Waals surface area contributed by atoms with Crippen LogP contribution in [0.2, 0.25) is 0 Å². The second-order valence-electron chi connectivity index (χ2n) is 3.35. The van der Waals surface area contributed by atoms with Gasteiger partial charge in [-0.2, -0.15) is 5.26 Å². The van der Waals surface area contributed by atoms with Gasteiger partial charge in [-0.3, -0.25) is 4.98 Å². The molecule has 0 radical (unpaired) electrons. The van der Waals surface area contributed by atoms with Gasteiger partial charge in [0.25, 0.3) is 0 Å². The summed E-state index contributed by atoms with van der Waals surface area (Å²) in [6, 6.07) is 8.36. The lowest BCUT2D eigenvalue weighted by atomic mass is 10.0. The van der Waals surface area contributed by atoms with Gasteiger partial charge in [0, 0.05) is 23.5 Å². The van der Waals surface area contributed by atoms with Gasteiger partial charge in [0.15, 0.2) is 11.6 Å². The van der Waals surface area contributed by atoms with Crippen LogP contribution in [0.5, 0.6) is 5.75 Å². The average molecular weight is 228 g/mol. The number of nitriles is 1. The summed E-state index contributed by atoms with van der Waals surface area (Å²) < 4.78 is 18.9. The van der Waals surface area contributed by atoms with Gasteiger partial charge >= 0.3 is 0 Å². The standard InChI is InChI=1S/C13H9FN2O/c1-17-12-4-2-3-10(13(12)14)11-8-16-6-5-9(11)7-15/h2-6,8H,1H3. The highest BCUT2D eigenvalue weighted by Gasteiger charge is 2.13. The van der Waals surface area contributed by atoms with E-state index in [0.29, 0.717) is 16.7 Å². The Kier molecular flexibility index (Phi) is 3.01. The van der Waals surface area contributed by atoms with E-state index in [1.165, 1.54) is 25.6 Å². The number of halogens is 1. The van der Waals surface area contributed by atoms with Crippen LogP contribution < -0.4 is 4.74 Å². The summed E-state index contributed by atoms with van der Waals surface area (Å²) in [6.07, 6.45) is 2.97. The maximum atomic E-state index is 14.0. The van der Waals surface area contributed by atoms with E-state index in [0.717, 1.165) is 0 Å². The summed E-state index contributed by atoms with van der Waals surface area (Å²) in [5, 5.41) is 8.97. The van der Waals surface area contributed by atoms with Gasteiger partial charge in [0.1, 0.15) is 0 Å². The van der Waals surface area contributed by atoms with Crippen molar-refractivity contribution in [2.75, 3.05) is 7.11 Å². The topological polar surface area (TPSA) is 45.9 Å². The van der Waals surface area contributed by atoms with Gasteiger partial charge in [0.05, 0.1) is 18.7 Å². The molecule has 0 saturated carbocycles. The fourth-order valence-corrected chi connectivity index (χ4v) is 1.58. The molecule has 0 amide bonds. The third-order valence-electron chi connectivity index (χ3n) is 2.41. The smallest absolute Gasteiger partial charge is 0.172 e. The minimum atomic E-state index is -0.487. The van der Waals surface area contributed by atoms with E-state index in [1.807, 2.05) is 6.07 Å². The van der Waals surface area contributed by atoms with E-state index < -0.39 is 5.82 Å². The SMILES string of the molecule is COc1cccc(-c2cnccc2C#N)c1F. The Morgan fingerprint density at radius 1 is 1.29 bits per heavy atom. The van der Waals surface area contributed by atoms with E-state index in [1.54, 1.807) is 18.2 Å². The number of aromatic nitrogens is 1. The molecule has 0 fully saturated rings. The molecule has 1 heterocycles. The molecule has 4 heteroatoms. The average Bonchev–Trinajstić information content (AvgIpc) is 2.39. The van der Waals surface area contributed by atoms with Crippen molar-refractivity contribution in [3.05, 3.63) is 48.0 Å². The number of benzene rings is 1. The third-order valence-corrected chi connectivity index (χ3v) is 2.41. The first-order chi connectivity index (χ1) is 8.27. The summed E-state index contributed by atoms with van der Waals surface area (Å²) in [6.45, 7) is 0. The van der Waals surface area contributed by atoms with Crippen LogP contribution >= 0.6 is 0 Å². The van der Waals surface area contributed by atoms with Crippen LogP contribution in [0.25, 0.3) is 11.1 Å². The van der Waals surface area contributed by atoms with Gasteiger partial charge in [-0.1, -0.05) is 12.1 Å². The van der Waals surface area contributed by atoms with Crippen molar-refractivity contribution in [2.24, 2.45) is 0 Å². The molecule has 3 nitrogen and oxygen atoms in total. The fourth-order valence-electron chi connectivity index (χ4n) is 1.58. The van der Waals surface area contributed by atoms with Crippen LogP contribution in [-0.4, -0.2) is 12.1 Å². The zero-order chi connectivity index (χ0) is 12.3. The Morgan fingerprint density at radius 3 is 2.82 bits per heavy atom. The van der Waals surface area contributed by atoms with E-state index in [2.05, 4.69) is 4.98 Å². The van der Waals surface area contributed by atoms with Crippen molar-refractivity contribution in [3.8, 4) is 22.9 Å². The summed E-state index contributed by atoms with van der Waals surface area (Å²) in [5.41, 5.74) is 1.16. The molecule has 0 atom stereocenters. The van der Waals surface area contributed by atoms with Crippen LogP contribution in [0.15, 0.2) is 36.7 Å². The van der Waals surface area contributed by atoms with Crippen molar-refractivity contribution >= 4 is 0 Å². The van der Waals surface area contributed by atoms with Crippen LogP contribution in [0.1, 0.15) is 5.56 Å². The summed E-state index contributed by atoms with van der Waals surface area (Å²) in [7, 11) is 1.40. The summed E-state index contributed by atoms with van der Waals surface area (Å²) in [4.78, 5) is 3.91. The zero-order valence-corrected chi connectivity index (χ0v) is 9.14. The molecule has 0 unspecified atom stereocenters. The molecule has 0 bridgehead atoms. The van der Waals surface area contributed by atoms with Gasteiger partial charge in [-0.05, 0) is 12.1 Å². The van der Waals surface area contributed by atoms with E-state index in [4.69, 9.17) is 10.00 Å². The van der Waals surface area contributed by atoms with E-state index >= 15 is 0 Å². The lowest BCUT2D eigenvalue weighted by Crippen LogP contribution is -1.93. The molecule has 0 spiro atoms. The first-order valence-electron chi connectivity index (χ1n) is 4.95. The van der Waals surface area contributed by atoms with Crippen LogP contribution in [-0.2, 0) is 0 Å². The molecule has 1 aromatic heterocycles. The molecule has 0 saturated heterocycles. The van der Waals surface area contributed by atoms with Crippen LogP contribution in [0, 0.1) is 17.1 Å². The Labute approximate surface area is 98.1 Å². The highest BCUT2D eigenvalue weighted by molar-refractivity contribution is 5.71. The van der Waals surface area contributed by atoms with Crippen LogP contribution in [0.4, 0.5) is 4.39 Å². The first kappa shape index (κ1) is 11.1. The second-order valence-corrected chi connectivity index (χ2v) is 3.35. The number of pyridine rings is 1. The number of ether oxygens (including phenoxy) is 1. The third kappa shape index (κ3) is 1.95. The molecule has 0 aliphatic rings. The monoisotopic (exact) mass is 228 g/mol. The molecule has 84 valence electrons. The van der Waals surface area contributed by atoms with E-state index in [9.17, 15) is 4.39 Å². The largest absolute Gasteiger partial charge is 0.494 e. The van der Waals surface area contributed by atoms with Crippen LogP contribution in [0.3, 0.4) is 0 Å². The quantitative estimate of drug-likeness (QED) is 0.793. The highest BCUT2D eigenvalue weighted by atomic mass is 19.1. The van der Waals surface area contributed by atoms with Gasteiger partial charge in [0.2, 0.25) is 0 Å². The maximum Gasteiger partial charge on any atom is 0.172 e. The minimum absolute atomic E-state index is 0.148. The zero-order valence-electron chi connectivity index (χ0n) is 9.14. The van der Waals surface area contributed by atoms with Gasteiger partial charge in [-0.25, -0.2) is 4.39 Å². The molecule has 0 N–H and O–H groups in total. The van der Waals surface area contributed by atoms with Crippen molar-refractivity contribution in [1.29, 1.82) is 5.26 Å². The normalized spacial score (nSPS) is 9.71. The van der Waals surface area contributed by atoms with Crippen molar-refractivity contribution < 1.29 is 9.13 Å². The fraction of sp³-hybridized carbons (Fsp3) is 0.0769. The number of hydrogen-bond acceptors (Lipinski definition) is 3. The second kappa shape index (κ2) is 4.62. The number of methoxy groups -OCH3 is 1. The van der Waals surface area contributed by atoms with Crippen molar-refractivity contribution in [3.63, 3.8) is 0 Å². The van der Waals surface area contributed by atoms with Crippen molar-refractivity contribution in [1.82, 2.24) is 4.98 Å². The van der Waals surface area contributed by atoms with Gasteiger partial charge < -0.3 is 4.74 Å². The Balaban J connectivity index is 2.65. The predicted molar refractivity (Wildman–Crippen MR) is 60.9 cm³/mol. The minimum Gasteiger partial charge on any atom is -0.494 e. The predicted octanol–water partition coefficient (Wildman–Crippen LogP) is 2.77. The Bertz CT molecular complexity index is 590. The highest BCUT2D eigenvalue weighted by Crippen LogP contribution is 2.30. The first-order valence-corrected chi connectivity index (χ1v) is 4.95. The number of rotatable bonds is 2. The van der Waals surface area contributed by atoms with Crippen molar-refractivity contribution in [2.45, 2.75) is 0 Å². The molecule has 0 aliphatic carbocycles. The molecular weight excluding hydrogens is 219 g/mol. The summed E-state index contributed by atoms with van der Waals surface area (Å²) in [5.74, 6) is -0.338. The Hall–Kier alpha value is -2.41. The molecule has 17 heavy (non-hydrogen) atoms. The van der Waals surface area contributed by atoms with Gasteiger partial charge in [-0.15, -0.1) is 0 Å². The molecule has 2 aromatic rings. The van der Waals surface area contributed by atoms with E-state index in [-0.39, 0.29) is 5.75 Å². The molecular formula is C13H9FN2O. The lowest BCUT2D eigenvalue weighted by Gasteiger charge is -2.08. The number of nitrogens with zero attached hydrogens (tertiary/aromatic N) is 2.